The van der Waals surface area contributed by atoms with E-state index in [-0.39, 0.29) is 4.90 Å². The number of anilines is 2. The van der Waals surface area contributed by atoms with Gasteiger partial charge in [-0.15, -0.1) is 0 Å². The van der Waals surface area contributed by atoms with E-state index in [0.29, 0.717) is 0 Å². The third-order valence-electron chi connectivity index (χ3n) is 5.02. The van der Waals surface area contributed by atoms with Gasteiger partial charge in [-0.1, -0.05) is 48.5 Å². The van der Waals surface area contributed by atoms with Gasteiger partial charge in [0.1, 0.15) is 0 Å². The highest BCUT2D eigenvalue weighted by Gasteiger charge is 2.28. The van der Waals surface area contributed by atoms with Crippen LogP contribution in [0.15, 0.2) is 83.8 Å². The Bertz CT molecular complexity index is 1190. The Kier molecular flexibility index (Phi) is 5.34. The summed E-state index contributed by atoms with van der Waals surface area (Å²) in [5.41, 5.74) is 4.90. The first-order chi connectivity index (χ1) is 14.4. The summed E-state index contributed by atoms with van der Waals surface area (Å²) in [6.07, 6.45) is -0.863. The molecule has 0 bridgehead atoms. The van der Waals surface area contributed by atoms with Crippen LogP contribution in [0.2, 0.25) is 0 Å². The first kappa shape index (κ1) is 20.2. The molecule has 0 saturated carbocycles. The molecule has 1 unspecified atom stereocenters. The Hall–Kier alpha value is -3.13. The number of rotatable bonds is 5. The molecule has 3 N–H and O–H groups in total. The van der Waals surface area contributed by atoms with Crippen molar-refractivity contribution in [1.29, 1.82) is 0 Å². The maximum Gasteiger partial charge on any atom is 0.242 e. The van der Waals surface area contributed by atoms with E-state index >= 15 is 0 Å². The van der Waals surface area contributed by atoms with Crippen molar-refractivity contribution >= 4 is 32.7 Å². The molecule has 0 spiro atoms. The molecule has 0 amide bonds. The van der Waals surface area contributed by atoms with E-state index in [4.69, 9.17) is 0 Å². The minimum absolute atomic E-state index is 0.222. The summed E-state index contributed by atoms with van der Waals surface area (Å²) in [6, 6.07) is 24.1. The van der Waals surface area contributed by atoms with E-state index in [1.807, 2.05) is 54.6 Å². The standard InChI is InChI=1S/C23H23N3O3S/c1-26(2)30(28,29)18-14-12-17(13-15-18)24-22(16-8-4-3-5-9-16)21-19-10-6-7-11-20(19)25-23(21)27/h3-15,23-25,27H,1-2H3/b22-21-. The molecule has 0 aliphatic carbocycles. The second-order valence-corrected chi connectivity index (χ2v) is 9.34. The quantitative estimate of drug-likeness (QED) is 0.586. The monoisotopic (exact) mass is 421 g/mol. The lowest BCUT2D eigenvalue weighted by molar-refractivity contribution is 0.266. The van der Waals surface area contributed by atoms with Crippen molar-refractivity contribution in [2.45, 2.75) is 11.1 Å². The number of nitrogens with zero attached hydrogens (tertiary/aromatic N) is 1. The van der Waals surface area contributed by atoms with Gasteiger partial charge in [-0.25, -0.2) is 12.7 Å². The van der Waals surface area contributed by atoms with Crippen LogP contribution in [0.5, 0.6) is 0 Å². The van der Waals surface area contributed by atoms with Gasteiger partial charge in [0.25, 0.3) is 0 Å². The van der Waals surface area contributed by atoms with Crippen molar-refractivity contribution in [2.75, 3.05) is 24.7 Å². The van der Waals surface area contributed by atoms with Crippen LogP contribution in [0.4, 0.5) is 11.4 Å². The zero-order valence-electron chi connectivity index (χ0n) is 16.7. The number of benzene rings is 3. The average Bonchev–Trinajstić information content (AvgIpc) is 3.08. The average molecular weight is 422 g/mol. The molecule has 3 aromatic rings. The van der Waals surface area contributed by atoms with Crippen LogP contribution in [0.25, 0.3) is 11.3 Å². The summed E-state index contributed by atoms with van der Waals surface area (Å²) in [6.45, 7) is 0. The summed E-state index contributed by atoms with van der Waals surface area (Å²) in [7, 11) is -0.485. The van der Waals surface area contributed by atoms with Crippen molar-refractivity contribution in [1.82, 2.24) is 4.31 Å². The van der Waals surface area contributed by atoms with Gasteiger partial charge in [0.05, 0.1) is 10.6 Å². The predicted octanol–water partition coefficient (Wildman–Crippen LogP) is 3.66. The molecule has 1 atom stereocenters. The van der Waals surface area contributed by atoms with Gasteiger partial charge in [-0.2, -0.15) is 0 Å². The Morgan fingerprint density at radius 1 is 0.933 bits per heavy atom. The molecule has 0 aromatic heterocycles. The number of sulfonamides is 1. The molecule has 0 fully saturated rings. The molecular formula is C23H23N3O3S. The van der Waals surface area contributed by atoms with Gasteiger partial charge < -0.3 is 15.7 Å². The molecule has 7 heteroatoms. The van der Waals surface area contributed by atoms with E-state index in [1.54, 1.807) is 24.3 Å². The van der Waals surface area contributed by atoms with E-state index < -0.39 is 16.3 Å². The minimum atomic E-state index is -3.50. The summed E-state index contributed by atoms with van der Waals surface area (Å²) in [5.74, 6) is 0. The molecule has 154 valence electrons. The predicted molar refractivity (Wildman–Crippen MR) is 120 cm³/mol. The van der Waals surface area contributed by atoms with Crippen LogP contribution in [0, 0.1) is 0 Å². The van der Waals surface area contributed by atoms with Gasteiger partial charge in [-0.05, 0) is 35.9 Å². The molecule has 1 aliphatic rings. The van der Waals surface area contributed by atoms with Crippen LogP contribution in [-0.2, 0) is 10.0 Å². The molecule has 0 radical (unpaired) electrons. The van der Waals surface area contributed by atoms with E-state index in [1.165, 1.54) is 18.4 Å². The second-order valence-electron chi connectivity index (χ2n) is 7.18. The van der Waals surface area contributed by atoms with E-state index in [0.717, 1.165) is 33.8 Å². The first-order valence-electron chi connectivity index (χ1n) is 9.51. The van der Waals surface area contributed by atoms with Crippen LogP contribution < -0.4 is 10.6 Å². The van der Waals surface area contributed by atoms with Crippen LogP contribution in [0.1, 0.15) is 11.1 Å². The zero-order valence-corrected chi connectivity index (χ0v) is 17.5. The summed E-state index contributed by atoms with van der Waals surface area (Å²) >= 11 is 0. The lowest BCUT2D eigenvalue weighted by atomic mass is 9.99. The molecule has 3 aromatic carbocycles. The Balaban J connectivity index is 1.79. The fourth-order valence-corrected chi connectivity index (χ4v) is 4.35. The molecular weight excluding hydrogens is 398 g/mol. The number of hydrogen-bond acceptors (Lipinski definition) is 5. The topological polar surface area (TPSA) is 81.7 Å². The van der Waals surface area contributed by atoms with Gasteiger partial charge in [0.2, 0.25) is 10.0 Å². The highest BCUT2D eigenvalue weighted by molar-refractivity contribution is 7.89. The molecule has 6 nitrogen and oxygen atoms in total. The fourth-order valence-electron chi connectivity index (χ4n) is 3.45. The third-order valence-corrected chi connectivity index (χ3v) is 6.85. The van der Waals surface area contributed by atoms with Crippen molar-refractivity contribution < 1.29 is 13.5 Å². The number of para-hydroxylation sites is 1. The smallest absolute Gasteiger partial charge is 0.242 e. The first-order valence-corrected chi connectivity index (χ1v) is 10.9. The van der Waals surface area contributed by atoms with Crippen molar-refractivity contribution in [3.05, 3.63) is 90.0 Å². The van der Waals surface area contributed by atoms with Gasteiger partial charge in [0.15, 0.2) is 6.23 Å². The number of fused-ring (bicyclic) bond motifs is 1. The third kappa shape index (κ3) is 3.70. The minimum Gasteiger partial charge on any atom is -0.369 e. The van der Waals surface area contributed by atoms with Gasteiger partial charge >= 0.3 is 0 Å². The highest BCUT2D eigenvalue weighted by atomic mass is 32.2. The fraction of sp³-hybridized carbons (Fsp3) is 0.130. The summed E-state index contributed by atoms with van der Waals surface area (Å²) in [5, 5.41) is 17.2. The Morgan fingerprint density at radius 2 is 1.57 bits per heavy atom. The lowest BCUT2D eigenvalue weighted by Gasteiger charge is -2.18. The molecule has 1 heterocycles. The summed E-state index contributed by atoms with van der Waals surface area (Å²) < 4.78 is 25.8. The molecule has 4 rings (SSSR count). The molecule has 0 saturated heterocycles. The number of aliphatic hydroxyl groups excluding tert-OH is 1. The van der Waals surface area contributed by atoms with E-state index in [2.05, 4.69) is 10.6 Å². The Morgan fingerprint density at radius 3 is 2.23 bits per heavy atom. The van der Waals surface area contributed by atoms with E-state index in [9.17, 15) is 13.5 Å². The maximum atomic E-state index is 12.3. The number of hydrogen-bond donors (Lipinski definition) is 3. The van der Waals surface area contributed by atoms with Crippen LogP contribution >= 0.6 is 0 Å². The highest BCUT2D eigenvalue weighted by Crippen LogP contribution is 2.39. The van der Waals surface area contributed by atoms with Crippen LogP contribution in [-0.4, -0.2) is 38.2 Å². The SMILES string of the molecule is CN(C)S(=O)(=O)c1ccc(N/C(=C2/c3ccccc3NC2O)c2ccccc2)cc1. The van der Waals surface area contributed by atoms with Crippen LogP contribution in [0.3, 0.4) is 0 Å². The van der Waals surface area contributed by atoms with Crippen molar-refractivity contribution in [3.63, 3.8) is 0 Å². The largest absolute Gasteiger partial charge is 0.369 e. The lowest BCUT2D eigenvalue weighted by Crippen LogP contribution is -2.22. The molecule has 1 aliphatic heterocycles. The second kappa shape index (κ2) is 7.95. The number of nitrogens with one attached hydrogen (secondary N) is 2. The zero-order chi connectivity index (χ0) is 21.3. The van der Waals surface area contributed by atoms with Gasteiger partial charge in [-0.3, -0.25) is 0 Å². The van der Waals surface area contributed by atoms with Gasteiger partial charge in [0, 0.05) is 36.6 Å². The Labute approximate surface area is 176 Å². The summed E-state index contributed by atoms with van der Waals surface area (Å²) in [4.78, 5) is 0.222. The van der Waals surface area contributed by atoms with Crippen molar-refractivity contribution in [2.24, 2.45) is 0 Å². The maximum absolute atomic E-state index is 12.3. The number of aliphatic hydroxyl groups is 1. The normalized spacial score (nSPS) is 17.4. The van der Waals surface area contributed by atoms with Crippen molar-refractivity contribution in [3.8, 4) is 0 Å². The molecule has 30 heavy (non-hydrogen) atoms.